The molecule has 1 aliphatic heterocycles. The van der Waals surface area contributed by atoms with E-state index < -0.39 is 6.10 Å². The Bertz CT molecular complexity index is 203. The fraction of sp³-hybridized carbons (Fsp3) is 0.727. The number of hydrogen-bond donors (Lipinski definition) is 0. The molecule has 0 unspecified atom stereocenters. The standard InChI is InChI=1S/C8H14O3.C3H6/c1-5-6(9)11-7(10-5)8(2,3)4;1-3-2/h5,7H,1-4H3;3H,1H2,2H3/t5-,7-;/m0./s1. The van der Waals surface area contributed by atoms with Crippen LogP contribution in [-0.2, 0) is 14.3 Å². The van der Waals surface area contributed by atoms with Gasteiger partial charge in [-0.2, -0.15) is 0 Å². The van der Waals surface area contributed by atoms with Gasteiger partial charge in [-0.3, -0.25) is 0 Å². The summed E-state index contributed by atoms with van der Waals surface area (Å²) in [7, 11) is 0. The van der Waals surface area contributed by atoms with Crippen molar-refractivity contribution < 1.29 is 14.3 Å². The minimum atomic E-state index is -0.403. The molecule has 0 bridgehead atoms. The third kappa shape index (κ3) is 3.92. The van der Waals surface area contributed by atoms with Crippen LogP contribution >= 0.6 is 0 Å². The van der Waals surface area contributed by atoms with E-state index in [1.54, 1.807) is 13.0 Å². The lowest BCUT2D eigenvalue weighted by Crippen LogP contribution is -2.27. The van der Waals surface area contributed by atoms with Crippen LogP contribution in [0.2, 0.25) is 0 Å². The van der Waals surface area contributed by atoms with Gasteiger partial charge in [0.25, 0.3) is 0 Å². The molecule has 0 aromatic heterocycles. The second-order valence-electron chi connectivity index (χ2n) is 4.32. The van der Waals surface area contributed by atoms with Crippen LogP contribution in [0.15, 0.2) is 12.7 Å². The Morgan fingerprint density at radius 1 is 1.43 bits per heavy atom. The molecule has 0 N–H and O–H groups in total. The van der Waals surface area contributed by atoms with Gasteiger partial charge in [-0.05, 0) is 13.8 Å². The van der Waals surface area contributed by atoms with Crippen molar-refractivity contribution in [2.75, 3.05) is 0 Å². The van der Waals surface area contributed by atoms with Crippen molar-refractivity contribution in [2.45, 2.75) is 47.0 Å². The molecule has 0 aromatic rings. The average molecular weight is 200 g/mol. The first-order valence-corrected chi connectivity index (χ1v) is 4.76. The zero-order chi connectivity index (χ0) is 11.4. The molecule has 0 aromatic carbocycles. The maximum Gasteiger partial charge on any atom is 0.337 e. The number of carbonyl (C=O) groups excluding carboxylic acids is 1. The lowest BCUT2D eigenvalue weighted by atomic mass is 9.96. The number of cyclic esters (lactones) is 1. The van der Waals surface area contributed by atoms with Gasteiger partial charge in [0, 0.05) is 5.41 Å². The van der Waals surface area contributed by atoms with E-state index in [0.717, 1.165) is 0 Å². The van der Waals surface area contributed by atoms with Gasteiger partial charge in [-0.15, -0.1) is 6.58 Å². The predicted molar refractivity (Wildman–Crippen MR) is 55.8 cm³/mol. The van der Waals surface area contributed by atoms with Crippen LogP contribution in [0.4, 0.5) is 0 Å². The first-order chi connectivity index (χ1) is 6.32. The molecule has 1 saturated heterocycles. The minimum absolute atomic E-state index is 0.125. The Morgan fingerprint density at radius 3 is 2.00 bits per heavy atom. The van der Waals surface area contributed by atoms with Crippen molar-refractivity contribution in [1.29, 1.82) is 0 Å². The molecule has 0 amide bonds. The van der Waals surface area contributed by atoms with E-state index in [1.807, 2.05) is 27.7 Å². The maximum absolute atomic E-state index is 10.9. The van der Waals surface area contributed by atoms with Gasteiger partial charge < -0.3 is 9.47 Å². The highest BCUT2D eigenvalue weighted by molar-refractivity contribution is 5.75. The molecular formula is C11H20O3. The fourth-order valence-corrected chi connectivity index (χ4v) is 0.851. The van der Waals surface area contributed by atoms with Gasteiger partial charge >= 0.3 is 5.97 Å². The Hall–Kier alpha value is -0.830. The quantitative estimate of drug-likeness (QED) is 0.445. The molecule has 0 radical (unpaired) electrons. The lowest BCUT2D eigenvalue weighted by molar-refractivity contribution is -0.154. The molecule has 1 rings (SSSR count). The summed E-state index contributed by atoms with van der Waals surface area (Å²) in [4.78, 5) is 10.9. The van der Waals surface area contributed by atoms with E-state index in [1.165, 1.54) is 0 Å². The van der Waals surface area contributed by atoms with Crippen molar-refractivity contribution in [3.05, 3.63) is 12.7 Å². The maximum atomic E-state index is 10.9. The van der Waals surface area contributed by atoms with Gasteiger partial charge in [-0.25, -0.2) is 4.79 Å². The number of carbonyl (C=O) groups is 1. The van der Waals surface area contributed by atoms with Crippen molar-refractivity contribution in [1.82, 2.24) is 0 Å². The molecule has 3 nitrogen and oxygen atoms in total. The van der Waals surface area contributed by atoms with E-state index in [2.05, 4.69) is 6.58 Å². The molecule has 1 aliphatic rings. The number of ether oxygens (including phenoxy) is 2. The van der Waals surface area contributed by atoms with Crippen LogP contribution in [0, 0.1) is 5.41 Å². The summed E-state index contributed by atoms with van der Waals surface area (Å²) in [5, 5.41) is 0. The first-order valence-electron chi connectivity index (χ1n) is 4.76. The predicted octanol–water partition coefficient (Wildman–Crippen LogP) is 2.51. The molecule has 82 valence electrons. The number of hydrogen-bond acceptors (Lipinski definition) is 3. The summed E-state index contributed by atoms with van der Waals surface area (Å²) < 4.78 is 10.2. The third-order valence-electron chi connectivity index (χ3n) is 1.59. The molecule has 1 fully saturated rings. The minimum Gasteiger partial charge on any atom is -0.433 e. The van der Waals surface area contributed by atoms with Crippen LogP contribution < -0.4 is 0 Å². The molecule has 3 heteroatoms. The van der Waals surface area contributed by atoms with E-state index in [4.69, 9.17) is 9.47 Å². The lowest BCUT2D eigenvalue weighted by Gasteiger charge is -2.23. The van der Waals surface area contributed by atoms with Crippen molar-refractivity contribution >= 4 is 5.97 Å². The summed E-state index contributed by atoms with van der Waals surface area (Å²) >= 11 is 0. The van der Waals surface area contributed by atoms with E-state index in [0.29, 0.717) is 0 Å². The highest BCUT2D eigenvalue weighted by Crippen LogP contribution is 2.28. The van der Waals surface area contributed by atoms with Crippen LogP contribution in [0.5, 0.6) is 0 Å². The van der Waals surface area contributed by atoms with Gasteiger partial charge in [-0.1, -0.05) is 26.8 Å². The smallest absolute Gasteiger partial charge is 0.337 e. The molecule has 0 aliphatic carbocycles. The van der Waals surface area contributed by atoms with E-state index in [-0.39, 0.29) is 17.7 Å². The second-order valence-corrected chi connectivity index (χ2v) is 4.32. The number of rotatable bonds is 0. The second kappa shape index (κ2) is 5.15. The highest BCUT2D eigenvalue weighted by atomic mass is 16.8. The largest absolute Gasteiger partial charge is 0.433 e. The Kier molecular flexibility index (Phi) is 4.85. The van der Waals surface area contributed by atoms with Gasteiger partial charge in [0.15, 0.2) is 6.10 Å². The van der Waals surface area contributed by atoms with Crippen LogP contribution in [-0.4, -0.2) is 18.4 Å². The van der Waals surface area contributed by atoms with Gasteiger partial charge in [0.2, 0.25) is 6.29 Å². The third-order valence-corrected chi connectivity index (χ3v) is 1.59. The van der Waals surface area contributed by atoms with E-state index in [9.17, 15) is 4.79 Å². The summed E-state index contributed by atoms with van der Waals surface area (Å²) in [5.41, 5.74) is -0.125. The normalized spacial score (nSPS) is 26.2. The molecule has 1 heterocycles. The van der Waals surface area contributed by atoms with Crippen molar-refractivity contribution in [2.24, 2.45) is 5.41 Å². The Morgan fingerprint density at radius 2 is 1.86 bits per heavy atom. The van der Waals surface area contributed by atoms with Gasteiger partial charge in [0.1, 0.15) is 0 Å². The average Bonchev–Trinajstić information content (AvgIpc) is 2.32. The van der Waals surface area contributed by atoms with Crippen LogP contribution in [0.25, 0.3) is 0 Å². The molecule has 14 heavy (non-hydrogen) atoms. The summed E-state index contributed by atoms with van der Waals surface area (Å²) in [5.74, 6) is -0.259. The van der Waals surface area contributed by atoms with Crippen molar-refractivity contribution in [3.8, 4) is 0 Å². The van der Waals surface area contributed by atoms with Crippen molar-refractivity contribution in [3.63, 3.8) is 0 Å². The first kappa shape index (κ1) is 13.2. The Balaban J connectivity index is 0.000000500. The zero-order valence-corrected chi connectivity index (χ0v) is 9.66. The SMILES string of the molecule is C=CC.C[C@@H]1O[C@H](C(C)(C)C)OC1=O. The molecule has 0 saturated carbocycles. The molecular weight excluding hydrogens is 180 g/mol. The van der Waals surface area contributed by atoms with Gasteiger partial charge in [0.05, 0.1) is 0 Å². The summed E-state index contributed by atoms with van der Waals surface area (Å²) in [6.45, 7) is 12.9. The van der Waals surface area contributed by atoms with Crippen LogP contribution in [0.3, 0.4) is 0 Å². The highest BCUT2D eigenvalue weighted by Gasteiger charge is 2.39. The fourth-order valence-electron chi connectivity index (χ4n) is 0.851. The van der Waals surface area contributed by atoms with E-state index >= 15 is 0 Å². The summed E-state index contributed by atoms with van der Waals surface area (Å²) in [6, 6.07) is 0. The molecule has 0 spiro atoms. The molecule has 2 atom stereocenters. The summed E-state index contributed by atoms with van der Waals surface area (Å²) in [6.07, 6.45) is 0.962. The zero-order valence-electron chi connectivity index (χ0n) is 9.66. The monoisotopic (exact) mass is 200 g/mol. The Labute approximate surface area is 86.1 Å². The number of allylic oxidation sites excluding steroid dienone is 1. The van der Waals surface area contributed by atoms with Crippen LogP contribution in [0.1, 0.15) is 34.6 Å². The number of esters is 1. The topological polar surface area (TPSA) is 35.5 Å².